The third kappa shape index (κ3) is 2.55. The highest BCUT2D eigenvalue weighted by molar-refractivity contribution is 5.77. The molecule has 1 aromatic rings. The number of benzene rings is 1. The molecule has 0 spiro atoms. The molecule has 4 nitrogen and oxygen atoms in total. The Labute approximate surface area is 89.3 Å². The summed E-state index contributed by atoms with van der Waals surface area (Å²) in [6, 6.07) is 10.5. The van der Waals surface area contributed by atoms with E-state index in [0.717, 1.165) is 6.42 Å². The molecular formula is C11H14N3O-. The lowest BCUT2D eigenvalue weighted by Crippen LogP contribution is -2.29. The molecule has 0 saturated carbocycles. The van der Waals surface area contributed by atoms with Gasteiger partial charge < -0.3 is 15.4 Å². The first kappa shape index (κ1) is 10.1. The zero-order chi connectivity index (χ0) is 10.7. The van der Waals surface area contributed by atoms with Crippen LogP contribution in [-0.2, 0) is 11.3 Å². The van der Waals surface area contributed by atoms with Gasteiger partial charge in [0.1, 0.15) is 0 Å². The molecule has 1 saturated heterocycles. The first-order chi connectivity index (χ1) is 7.25. The summed E-state index contributed by atoms with van der Waals surface area (Å²) in [7, 11) is 0. The van der Waals surface area contributed by atoms with Gasteiger partial charge in [0.25, 0.3) is 0 Å². The summed E-state index contributed by atoms with van der Waals surface area (Å²) >= 11 is 0. The molecule has 0 radical (unpaired) electrons. The molecule has 2 rings (SSSR count). The second kappa shape index (κ2) is 4.42. The molecule has 80 valence electrons. The quantitative estimate of drug-likeness (QED) is 0.820. The number of nitrogens with zero attached hydrogens (tertiary/aromatic N) is 2. The van der Waals surface area contributed by atoms with Crippen LogP contribution in [0.3, 0.4) is 0 Å². The maximum absolute atomic E-state index is 7.29. The van der Waals surface area contributed by atoms with Gasteiger partial charge >= 0.3 is 0 Å². The predicted molar refractivity (Wildman–Crippen MR) is 58.5 cm³/mol. The first-order valence-corrected chi connectivity index (χ1v) is 5.01. The summed E-state index contributed by atoms with van der Waals surface area (Å²) in [6.07, 6.45) is 0.918. The Morgan fingerprint density at radius 1 is 1.47 bits per heavy atom. The Bertz CT molecular complexity index is 339. The van der Waals surface area contributed by atoms with Crippen LogP contribution in [0.2, 0.25) is 0 Å². The van der Waals surface area contributed by atoms with Crippen LogP contribution in [0.4, 0.5) is 0 Å². The summed E-state index contributed by atoms with van der Waals surface area (Å²) in [5, 5.41) is 9.10. The van der Waals surface area contributed by atoms with Crippen molar-refractivity contribution >= 4 is 5.90 Å². The highest BCUT2D eigenvalue weighted by Gasteiger charge is 2.13. The maximum Gasteiger partial charge on any atom is 0.179 e. The Hall–Kier alpha value is -1.39. The van der Waals surface area contributed by atoms with Crippen LogP contribution in [0, 0.1) is 5.41 Å². The van der Waals surface area contributed by atoms with Crippen LogP contribution in [0.25, 0.3) is 5.59 Å². The summed E-state index contributed by atoms with van der Waals surface area (Å²) < 4.78 is 0. The molecule has 0 amide bonds. The van der Waals surface area contributed by atoms with Gasteiger partial charge in [0, 0.05) is 0 Å². The van der Waals surface area contributed by atoms with Gasteiger partial charge in [-0.25, -0.2) is 0 Å². The topological polar surface area (TPSA) is 50.4 Å². The van der Waals surface area contributed by atoms with Crippen molar-refractivity contribution in [1.82, 2.24) is 5.01 Å². The molecule has 1 aliphatic heterocycles. The highest BCUT2D eigenvalue weighted by Crippen LogP contribution is 2.17. The second-order valence-electron chi connectivity index (χ2n) is 3.73. The predicted octanol–water partition coefficient (Wildman–Crippen LogP) is 2.13. The van der Waals surface area contributed by atoms with Gasteiger partial charge in [-0.15, -0.1) is 0 Å². The van der Waals surface area contributed by atoms with Gasteiger partial charge in [0.2, 0.25) is 0 Å². The number of hydrogen-bond donors (Lipinski definition) is 1. The summed E-state index contributed by atoms with van der Waals surface area (Å²) in [5.74, 6) is 0.218. The van der Waals surface area contributed by atoms with Gasteiger partial charge in [-0.05, 0) is 18.0 Å². The summed E-state index contributed by atoms with van der Waals surface area (Å²) in [6.45, 7) is 2.56. The summed E-state index contributed by atoms with van der Waals surface area (Å²) in [5.41, 5.74) is 5.10. The fourth-order valence-corrected chi connectivity index (χ4v) is 1.60. The Morgan fingerprint density at radius 3 is 2.80 bits per heavy atom. The molecule has 4 heteroatoms. The Kier molecular flexibility index (Phi) is 2.99. The van der Waals surface area contributed by atoms with Gasteiger partial charge in [0.05, 0.1) is 6.54 Å². The number of rotatable bonds is 3. The highest BCUT2D eigenvalue weighted by atomic mass is 16.7. The average molecular weight is 204 g/mol. The van der Waals surface area contributed by atoms with E-state index in [9.17, 15) is 0 Å². The molecule has 1 aromatic carbocycles. The molecule has 1 aliphatic rings. The molecule has 1 atom stereocenters. The van der Waals surface area contributed by atoms with E-state index < -0.39 is 0 Å². The van der Waals surface area contributed by atoms with Crippen molar-refractivity contribution in [1.29, 1.82) is 5.41 Å². The van der Waals surface area contributed by atoms with Gasteiger partial charge in [-0.3, -0.25) is 5.41 Å². The van der Waals surface area contributed by atoms with Crippen molar-refractivity contribution in [2.24, 2.45) is 0 Å². The van der Waals surface area contributed by atoms with Crippen molar-refractivity contribution in [2.75, 3.05) is 6.54 Å². The van der Waals surface area contributed by atoms with Crippen LogP contribution in [0.1, 0.15) is 12.5 Å². The van der Waals surface area contributed by atoms with E-state index in [-0.39, 0.29) is 11.9 Å². The lowest BCUT2D eigenvalue weighted by molar-refractivity contribution is 0.243. The zero-order valence-electron chi connectivity index (χ0n) is 8.68. The molecule has 0 aromatic heterocycles. The van der Waals surface area contributed by atoms with Crippen LogP contribution < -0.4 is 0 Å². The van der Waals surface area contributed by atoms with E-state index in [1.54, 1.807) is 5.01 Å². The molecule has 1 fully saturated rings. The lowest BCUT2D eigenvalue weighted by atomic mass is 10.1. The largest absolute Gasteiger partial charge is 0.564 e. The van der Waals surface area contributed by atoms with Crippen LogP contribution in [-0.4, -0.2) is 23.5 Å². The molecule has 1 heterocycles. The van der Waals surface area contributed by atoms with E-state index in [1.807, 2.05) is 18.2 Å². The third-order valence-corrected chi connectivity index (χ3v) is 2.44. The molecular weight excluding hydrogens is 190 g/mol. The SMILES string of the molecule is CC(Cc1ccccc1)N1CC(=N)O[N-]1. The number of hydrogen-bond acceptors (Lipinski definition) is 3. The maximum atomic E-state index is 7.29. The minimum atomic E-state index is 0.218. The normalized spacial score (nSPS) is 18.9. The van der Waals surface area contributed by atoms with E-state index in [4.69, 9.17) is 10.2 Å². The van der Waals surface area contributed by atoms with E-state index in [1.165, 1.54) is 5.56 Å². The first-order valence-electron chi connectivity index (χ1n) is 5.01. The third-order valence-electron chi connectivity index (χ3n) is 2.44. The number of nitrogens with one attached hydrogen (secondary N) is 1. The van der Waals surface area contributed by atoms with Crippen LogP contribution >= 0.6 is 0 Å². The van der Waals surface area contributed by atoms with Crippen LogP contribution in [0.5, 0.6) is 0 Å². The average Bonchev–Trinajstić information content (AvgIpc) is 2.66. The standard InChI is InChI=1S/C11H14N3O/c1-9(14-8-11(12)15-13-14)7-10-5-3-2-4-6-10/h2-6,9,12H,7-8H2,1H3/q-1. The van der Waals surface area contributed by atoms with Crippen molar-refractivity contribution in [3.05, 3.63) is 41.5 Å². The minimum absolute atomic E-state index is 0.218. The van der Waals surface area contributed by atoms with Crippen LogP contribution in [0.15, 0.2) is 30.3 Å². The summed E-state index contributed by atoms with van der Waals surface area (Å²) in [4.78, 5) is 4.76. The Balaban J connectivity index is 1.92. The molecule has 0 bridgehead atoms. The second-order valence-corrected chi connectivity index (χ2v) is 3.73. The van der Waals surface area contributed by atoms with Gasteiger partial charge in [-0.1, -0.05) is 37.3 Å². The van der Waals surface area contributed by atoms with Crippen molar-refractivity contribution in [3.63, 3.8) is 0 Å². The van der Waals surface area contributed by atoms with Crippen molar-refractivity contribution in [2.45, 2.75) is 19.4 Å². The minimum Gasteiger partial charge on any atom is -0.564 e. The van der Waals surface area contributed by atoms with E-state index in [2.05, 4.69) is 24.6 Å². The van der Waals surface area contributed by atoms with Gasteiger partial charge in [0.15, 0.2) is 5.90 Å². The zero-order valence-corrected chi connectivity index (χ0v) is 8.68. The fraction of sp³-hybridized carbons (Fsp3) is 0.364. The van der Waals surface area contributed by atoms with E-state index >= 15 is 0 Å². The fourth-order valence-electron chi connectivity index (χ4n) is 1.60. The Morgan fingerprint density at radius 2 is 2.20 bits per heavy atom. The van der Waals surface area contributed by atoms with Crippen molar-refractivity contribution < 1.29 is 4.84 Å². The molecule has 0 aliphatic carbocycles. The lowest BCUT2D eigenvalue weighted by Gasteiger charge is -2.32. The molecule has 1 N–H and O–H groups in total. The molecule has 1 unspecified atom stereocenters. The van der Waals surface area contributed by atoms with Gasteiger partial charge in [-0.2, -0.15) is 0 Å². The monoisotopic (exact) mass is 204 g/mol. The molecule has 15 heavy (non-hydrogen) atoms. The van der Waals surface area contributed by atoms with Crippen molar-refractivity contribution in [3.8, 4) is 0 Å². The van der Waals surface area contributed by atoms with E-state index in [0.29, 0.717) is 6.54 Å². The smallest absolute Gasteiger partial charge is 0.179 e.